The summed E-state index contributed by atoms with van der Waals surface area (Å²) in [5.41, 5.74) is 9.21. The molecular weight excluding hydrogens is 404 g/mol. The third kappa shape index (κ3) is 3.14. The van der Waals surface area contributed by atoms with Crippen molar-refractivity contribution in [2.75, 3.05) is 0 Å². The molecule has 0 amide bonds. The molecule has 0 radical (unpaired) electrons. The predicted octanol–water partition coefficient (Wildman–Crippen LogP) is 7.15. The first-order valence-corrected chi connectivity index (χ1v) is 11.2. The lowest BCUT2D eigenvalue weighted by Gasteiger charge is -2.34. The van der Waals surface area contributed by atoms with Gasteiger partial charge in [0.2, 0.25) is 0 Å². The van der Waals surface area contributed by atoms with Crippen LogP contribution >= 0.6 is 0 Å². The molecule has 0 saturated carbocycles. The van der Waals surface area contributed by atoms with Crippen molar-refractivity contribution in [3.63, 3.8) is 0 Å². The summed E-state index contributed by atoms with van der Waals surface area (Å²) in [5, 5.41) is 0. The molecule has 2 heteroatoms. The molecule has 0 spiro atoms. The maximum absolute atomic E-state index is 12.2. The Hall–Kier alpha value is -3.91. The van der Waals surface area contributed by atoms with Gasteiger partial charge in [0.1, 0.15) is 5.75 Å². The Bertz CT molecular complexity index is 1330. The van der Waals surface area contributed by atoms with Gasteiger partial charge in [-0.15, -0.1) is 0 Å². The van der Waals surface area contributed by atoms with Crippen LogP contribution in [0.3, 0.4) is 0 Å². The van der Waals surface area contributed by atoms with E-state index in [2.05, 4.69) is 97.6 Å². The van der Waals surface area contributed by atoms with Gasteiger partial charge in [0, 0.05) is 5.57 Å². The van der Waals surface area contributed by atoms with E-state index in [4.69, 9.17) is 4.74 Å². The lowest BCUT2D eigenvalue weighted by atomic mass is 9.67. The Morgan fingerprint density at radius 1 is 0.727 bits per heavy atom. The smallest absolute Gasteiger partial charge is 0.338 e. The molecule has 0 bridgehead atoms. The minimum Gasteiger partial charge on any atom is -0.423 e. The molecule has 4 aromatic rings. The Morgan fingerprint density at radius 2 is 1.21 bits per heavy atom. The van der Waals surface area contributed by atoms with Gasteiger partial charge < -0.3 is 4.74 Å². The molecule has 4 aromatic carbocycles. The first-order valence-electron chi connectivity index (χ1n) is 11.2. The van der Waals surface area contributed by atoms with E-state index in [1.807, 2.05) is 13.8 Å². The zero-order chi connectivity index (χ0) is 23.2. The van der Waals surface area contributed by atoms with Crippen molar-refractivity contribution in [3.8, 4) is 16.9 Å². The molecule has 1 aliphatic rings. The number of esters is 1. The molecule has 0 N–H and O–H groups in total. The second-order valence-corrected chi connectivity index (χ2v) is 8.82. The largest absolute Gasteiger partial charge is 0.423 e. The van der Waals surface area contributed by atoms with E-state index < -0.39 is 11.4 Å². The highest BCUT2D eigenvalue weighted by atomic mass is 16.5. The number of rotatable bonds is 4. The molecule has 33 heavy (non-hydrogen) atoms. The predicted molar refractivity (Wildman–Crippen MR) is 134 cm³/mol. The summed E-state index contributed by atoms with van der Waals surface area (Å²) in [6, 6.07) is 32.3. The van der Waals surface area contributed by atoms with Crippen molar-refractivity contribution in [3.05, 3.63) is 137 Å². The van der Waals surface area contributed by atoms with Crippen molar-refractivity contribution < 1.29 is 9.53 Å². The van der Waals surface area contributed by atoms with Gasteiger partial charge in [0.25, 0.3) is 0 Å². The van der Waals surface area contributed by atoms with Crippen LogP contribution in [0.4, 0.5) is 0 Å². The molecule has 0 saturated heterocycles. The lowest BCUT2D eigenvalue weighted by Crippen LogP contribution is -2.29. The van der Waals surface area contributed by atoms with Gasteiger partial charge in [-0.05, 0) is 65.3 Å². The average molecular weight is 431 g/mol. The number of carbonyl (C=O) groups is 1. The van der Waals surface area contributed by atoms with Gasteiger partial charge in [-0.1, -0.05) is 97.6 Å². The van der Waals surface area contributed by atoms with Gasteiger partial charge in [-0.3, -0.25) is 0 Å². The van der Waals surface area contributed by atoms with Crippen molar-refractivity contribution in [1.29, 1.82) is 0 Å². The van der Waals surface area contributed by atoms with Crippen LogP contribution in [-0.4, -0.2) is 5.97 Å². The number of hydrogen-bond donors (Lipinski definition) is 0. The monoisotopic (exact) mass is 430 g/mol. The van der Waals surface area contributed by atoms with E-state index in [0.29, 0.717) is 11.3 Å². The van der Waals surface area contributed by atoms with Crippen molar-refractivity contribution >= 4 is 5.97 Å². The summed E-state index contributed by atoms with van der Waals surface area (Å²) in [7, 11) is 0. The SMILES string of the molecule is C=C(C)C(=O)Oc1c(C)cc(C2(c3ccccc3)c3ccccc3-c3ccccc32)cc1C. The second kappa shape index (κ2) is 7.90. The third-order valence-electron chi connectivity index (χ3n) is 6.60. The molecule has 162 valence electrons. The Kier molecular flexibility index (Phi) is 5.02. The normalized spacial score (nSPS) is 13.2. The summed E-state index contributed by atoms with van der Waals surface area (Å²) >= 11 is 0. The van der Waals surface area contributed by atoms with Gasteiger partial charge in [-0.25, -0.2) is 4.79 Å². The minimum absolute atomic E-state index is 0.386. The molecule has 0 aromatic heterocycles. The van der Waals surface area contributed by atoms with Gasteiger partial charge >= 0.3 is 5.97 Å². The fourth-order valence-corrected chi connectivity index (χ4v) is 5.22. The first kappa shape index (κ1) is 21.0. The van der Waals surface area contributed by atoms with E-state index in [-0.39, 0.29) is 0 Å². The van der Waals surface area contributed by atoms with E-state index >= 15 is 0 Å². The van der Waals surface area contributed by atoms with E-state index in [1.54, 1.807) is 6.92 Å². The highest BCUT2D eigenvalue weighted by Crippen LogP contribution is 2.56. The number of hydrogen-bond acceptors (Lipinski definition) is 2. The maximum Gasteiger partial charge on any atom is 0.338 e. The molecule has 5 rings (SSSR count). The zero-order valence-electron chi connectivity index (χ0n) is 19.2. The molecule has 0 unspecified atom stereocenters. The van der Waals surface area contributed by atoms with Crippen LogP contribution in [0.2, 0.25) is 0 Å². The van der Waals surface area contributed by atoms with Crippen molar-refractivity contribution in [2.24, 2.45) is 0 Å². The number of fused-ring (bicyclic) bond motifs is 3. The Labute approximate surface area is 195 Å². The van der Waals surface area contributed by atoms with Gasteiger partial charge in [0.15, 0.2) is 0 Å². The Morgan fingerprint density at radius 3 is 1.73 bits per heavy atom. The van der Waals surface area contributed by atoms with Crippen LogP contribution in [0.15, 0.2) is 103 Å². The Balaban J connectivity index is 1.83. The van der Waals surface area contributed by atoms with Crippen LogP contribution in [0.5, 0.6) is 5.75 Å². The third-order valence-corrected chi connectivity index (χ3v) is 6.60. The molecular formula is C31H26O2. The van der Waals surface area contributed by atoms with Crippen LogP contribution in [-0.2, 0) is 10.2 Å². The number of benzene rings is 4. The molecule has 0 fully saturated rings. The summed E-state index contributed by atoms with van der Waals surface area (Å²) in [6.07, 6.45) is 0. The summed E-state index contributed by atoms with van der Waals surface area (Å²) in [6.45, 7) is 9.39. The fourth-order valence-electron chi connectivity index (χ4n) is 5.22. The molecule has 0 aliphatic heterocycles. The number of aryl methyl sites for hydroxylation is 2. The second-order valence-electron chi connectivity index (χ2n) is 8.82. The summed E-state index contributed by atoms with van der Waals surface area (Å²) < 4.78 is 5.69. The van der Waals surface area contributed by atoms with Gasteiger partial charge in [0.05, 0.1) is 5.41 Å². The quantitative estimate of drug-likeness (QED) is 0.172. The van der Waals surface area contributed by atoms with Crippen LogP contribution in [0.25, 0.3) is 11.1 Å². The van der Waals surface area contributed by atoms with Crippen LogP contribution in [0, 0.1) is 13.8 Å². The molecule has 0 heterocycles. The lowest BCUT2D eigenvalue weighted by molar-refractivity contribution is -0.130. The van der Waals surface area contributed by atoms with Gasteiger partial charge in [-0.2, -0.15) is 0 Å². The number of carbonyl (C=O) groups excluding carboxylic acids is 1. The molecule has 2 nitrogen and oxygen atoms in total. The topological polar surface area (TPSA) is 26.3 Å². The fraction of sp³-hybridized carbons (Fsp3) is 0.129. The first-order chi connectivity index (χ1) is 15.9. The van der Waals surface area contributed by atoms with Crippen LogP contribution in [0.1, 0.15) is 40.3 Å². The highest BCUT2D eigenvalue weighted by Gasteiger charge is 2.46. The molecule has 0 atom stereocenters. The summed E-state index contributed by atoms with van der Waals surface area (Å²) in [5.74, 6) is 0.206. The van der Waals surface area contributed by atoms with Crippen molar-refractivity contribution in [1.82, 2.24) is 0 Å². The number of ether oxygens (including phenoxy) is 1. The standard InChI is InChI=1S/C31H26O2/c1-20(2)30(32)33-29-21(3)18-24(19-22(29)4)31(23-12-6-5-7-13-23)27-16-10-8-14-25(27)26-15-9-11-17-28(26)31/h5-19H,1H2,2-4H3. The molecule has 1 aliphatic carbocycles. The highest BCUT2D eigenvalue weighted by molar-refractivity contribution is 5.89. The summed E-state index contributed by atoms with van der Waals surface area (Å²) in [4.78, 5) is 12.2. The van der Waals surface area contributed by atoms with E-state index in [1.165, 1.54) is 27.8 Å². The maximum atomic E-state index is 12.2. The average Bonchev–Trinajstić information content (AvgIpc) is 3.13. The van der Waals surface area contributed by atoms with E-state index in [0.717, 1.165) is 16.7 Å². The zero-order valence-corrected chi connectivity index (χ0v) is 19.2. The van der Waals surface area contributed by atoms with Crippen LogP contribution < -0.4 is 4.74 Å². The van der Waals surface area contributed by atoms with E-state index in [9.17, 15) is 4.79 Å². The van der Waals surface area contributed by atoms with Crippen molar-refractivity contribution in [2.45, 2.75) is 26.2 Å². The minimum atomic E-state index is -0.457.